The molecule has 0 atom stereocenters. The zero-order chi connectivity index (χ0) is 16.2. The van der Waals surface area contributed by atoms with Crippen LogP contribution in [0.4, 0.5) is 11.4 Å². The number of halogens is 2. The Balaban J connectivity index is 3.21. The molecule has 114 valence electrons. The third kappa shape index (κ3) is 4.29. The van der Waals surface area contributed by atoms with Crippen molar-refractivity contribution in [1.82, 2.24) is 0 Å². The highest BCUT2D eigenvalue weighted by Gasteiger charge is 2.31. The molecule has 0 aromatic heterocycles. The molecule has 0 amide bonds. The molecule has 0 bridgehead atoms. The third-order valence-electron chi connectivity index (χ3n) is 2.16. The van der Waals surface area contributed by atoms with E-state index in [-0.39, 0.29) is 15.1 Å². The van der Waals surface area contributed by atoms with Gasteiger partial charge in [-0.25, -0.2) is 10.1 Å². The molecular weight excluding hydrogens is 335 g/mol. The van der Waals surface area contributed by atoms with E-state index in [0.717, 1.165) is 12.1 Å². The normalized spacial score (nSPS) is 10.0. The van der Waals surface area contributed by atoms with E-state index in [4.69, 9.17) is 23.2 Å². The van der Waals surface area contributed by atoms with Gasteiger partial charge >= 0.3 is 5.69 Å². The summed E-state index contributed by atoms with van der Waals surface area (Å²) >= 11 is 11.4. The molecule has 0 saturated heterocycles. The Morgan fingerprint density at radius 1 is 1.14 bits per heavy atom. The summed E-state index contributed by atoms with van der Waals surface area (Å²) in [5.74, 6) is 0. The van der Waals surface area contributed by atoms with Gasteiger partial charge in [0.05, 0.1) is 9.95 Å². The van der Waals surface area contributed by atoms with E-state index in [0.29, 0.717) is 0 Å². The van der Waals surface area contributed by atoms with Gasteiger partial charge in [-0.1, -0.05) is 28.2 Å². The maximum atomic E-state index is 11.0. The Hall–Kier alpha value is -2.40. The molecule has 11 nitrogen and oxygen atoms in total. The predicted molar refractivity (Wildman–Crippen MR) is 70.4 cm³/mol. The van der Waals surface area contributed by atoms with Crippen molar-refractivity contribution in [3.05, 3.63) is 52.5 Å². The van der Waals surface area contributed by atoms with Gasteiger partial charge in [0.15, 0.2) is 5.03 Å². The van der Waals surface area contributed by atoms with Gasteiger partial charge in [0, 0.05) is 11.1 Å². The summed E-state index contributed by atoms with van der Waals surface area (Å²) in [6, 6.07) is 1.96. The molecule has 21 heavy (non-hydrogen) atoms. The molecule has 13 heteroatoms. The second-order valence-corrected chi connectivity index (χ2v) is 4.27. The first-order valence-electron chi connectivity index (χ1n) is 5.06. The van der Waals surface area contributed by atoms with E-state index in [1.165, 1.54) is 0 Å². The van der Waals surface area contributed by atoms with Gasteiger partial charge in [-0.3, -0.25) is 10.1 Å². The fourth-order valence-corrected chi connectivity index (χ4v) is 2.00. The number of hydrogen-bond acceptors (Lipinski definition) is 7. The van der Waals surface area contributed by atoms with Crippen LogP contribution in [-0.2, 0) is 4.84 Å². The second kappa shape index (κ2) is 6.85. The van der Waals surface area contributed by atoms with Crippen molar-refractivity contribution < 1.29 is 19.9 Å². The van der Waals surface area contributed by atoms with Gasteiger partial charge in [0.2, 0.25) is 5.69 Å². The molecule has 0 aliphatic carbocycles. The van der Waals surface area contributed by atoms with Crippen molar-refractivity contribution in [3.63, 3.8) is 0 Å². The SMILES string of the molecule is O=[N+]([O-])OCCN(c1c(Cl)cc(Cl)cc1[N+](=O)[O-])[N+](=O)[O-]. The summed E-state index contributed by atoms with van der Waals surface area (Å²) in [7, 11) is 0. The van der Waals surface area contributed by atoms with Crippen LogP contribution >= 0.6 is 23.2 Å². The van der Waals surface area contributed by atoms with E-state index < -0.39 is 39.6 Å². The molecule has 0 N–H and O–H groups in total. The predicted octanol–water partition coefficient (Wildman–Crippen LogP) is 2.11. The van der Waals surface area contributed by atoms with E-state index >= 15 is 0 Å². The van der Waals surface area contributed by atoms with Gasteiger partial charge in [-0.15, -0.1) is 10.1 Å². The highest BCUT2D eigenvalue weighted by atomic mass is 35.5. The molecule has 0 saturated carbocycles. The first-order chi connectivity index (χ1) is 9.73. The molecule has 0 fully saturated rings. The Morgan fingerprint density at radius 2 is 1.76 bits per heavy atom. The standard InChI is InChI=1S/C8H6Cl2N4O7/c9-5-3-6(10)8(7(4-5)12(15)16)11(13(17)18)1-2-21-14(19)20/h3-4H,1-2H2. The van der Waals surface area contributed by atoms with Gasteiger partial charge in [-0.2, -0.15) is 0 Å². The van der Waals surface area contributed by atoms with Crippen LogP contribution in [-0.4, -0.2) is 28.2 Å². The molecule has 0 aliphatic rings. The van der Waals surface area contributed by atoms with Gasteiger partial charge in [-0.05, 0) is 6.07 Å². The minimum atomic E-state index is -1.14. The lowest BCUT2D eigenvalue weighted by Crippen LogP contribution is -2.34. The summed E-state index contributed by atoms with van der Waals surface area (Å²) in [5.41, 5.74) is -1.24. The number of nitrogens with zero attached hydrogens (tertiary/aromatic N) is 4. The minimum Gasteiger partial charge on any atom is -0.312 e. The zero-order valence-electron chi connectivity index (χ0n) is 9.97. The van der Waals surface area contributed by atoms with Crippen LogP contribution in [0.3, 0.4) is 0 Å². The lowest BCUT2D eigenvalue weighted by molar-refractivity contribution is -0.757. The van der Waals surface area contributed by atoms with Crippen LogP contribution in [0.5, 0.6) is 0 Å². The van der Waals surface area contributed by atoms with Crippen molar-refractivity contribution >= 4 is 34.6 Å². The molecule has 1 rings (SSSR count). The number of benzene rings is 1. The van der Waals surface area contributed by atoms with E-state index in [9.17, 15) is 30.3 Å². The molecule has 0 unspecified atom stereocenters. The lowest BCUT2D eigenvalue weighted by atomic mass is 10.2. The topological polar surface area (TPSA) is 142 Å². The Bertz CT molecular complexity index is 596. The quantitative estimate of drug-likeness (QED) is 0.542. The summed E-state index contributed by atoms with van der Waals surface area (Å²) in [5, 5.41) is 29.6. The first kappa shape index (κ1) is 16.7. The molecular formula is C8H6Cl2N4O7. The fourth-order valence-electron chi connectivity index (χ4n) is 1.42. The average Bonchev–Trinajstić information content (AvgIpc) is 2.34. The smallest absolute Gasteiger partial charge is 0.301 e. The number of nitro benzene ring substituents is 1. The van der Waals surface area contributed by atoms with Crippen LogP contribution in [0.25, 0.3) is 0 Å². The monoisotopic (exact) mass is 340 g/mol. The lowest BCUT2D eigenvalue weighted by Gasteiger charge is -2.15. The van der Waals surface area contributed by atoms with Gasteiger partial charge in [0.25, 0.3) is 5.09 Å². The third-order valence-corrected chi connectivity index (χ3v) is 2.67. The maximum Gasteiger partial charge on any atom is 0.301 e. The summed E-state index contributed by atoms with van der Waals surface area (Å²) in [6.07, 6.45) is 0. The number of anilines is 1. The minimum absolute atomic E-state index is 0.0831. The number of hydrazine groups is 1. The van der Waals surface area contributed by atoms with Gasteiger partial charge < -0.3 is 4.84 Å². The van der Waals surface area contributed by atoms with E-state index in [2.05, 4.69) is 4.84 Å². The fraction of sp³-hybridized carbons (Fsp3) is 0.250. The number of nitro groups is 2. The Morgan fingerprint density at radius 3 is 2.24 bits per heavy atom. The number of hydrogen-bond donors (Lipinski definition) is 0. The van der Waals surface area contributed by atoms with Crippen LogP contribution in [0.1, 0.15) is 0 Å². The average molecular weight is 341 g/mol. The zero-order valence-corrected chi connectivity index (χ0v) is 11.5. The summed E-state index contributed by atoms with van der Waals surface area (Å²) in [6.45, 7) is -1.31. The van der Waals surface area contributed by atoms with Gasteiger partial charge in [0.1, 0.15) is 13.2 Å². The molecule has 0 radical (unpaired) electrons. The molecule has 1 aromatic carbocycles. The van der Waals surface area contributed by atoms with Crippen LogP contribution in [0.2, 0.25) is 10.0 Å². The van der Waals surface area contributed by atoms with Crippen LogP contribution in [0, 0.1) is 30.3 Å². The Labute approximate surface area is 126 Å². The highest BCUT2D eigenvalue weighted by molar-refractivity contribution is 6.37. The summed E-state index contributed by atoms with van der Waals surface area (Å²) in [4.78, 5) is 35.0. The van der Waals surface area contributed by atoms with Crippen molar-refractivity contribution in [2.24, 2.45) is 0 Å². The second-order valence-electron chi connectivity index (χ2n) is 3.43. The molecule has 0 aliphatic heterocycles. The summed E-state index contributed by atoms with van der Waals surface area (Å²) < 4.78 is 0. The first-order valence-corrected chi connectivity index (χ1v) is 5.82. The molecule has 0 spiro atoms. The van der Waals surface area contributed by atoms with Crippen molar-refractivity contribution in [1.29, 1.82) is 0 Å². The largest absolute Gasteiger partial charge is 0.312 e. The molecule has 1 aromatic rings. The van der Waals surface area contributed by atoms with Crippen molar-refractivity contribution in [3.8, 4) is 0 Å². The van der Waals surface area contributed by atoms with Crippen molar-refractivity contribution in [2.75, 3.05) is 18.2 Å². The van der Waals surface area contributed by atoms with Crippen LogP contribution < -0.4 is 5.01 Å². The maximum absolute atomic E-state index is 11.0. The highest BCUT2D eigenvalue weighted by Crippen LogP contribution is 2.38. The van der Waals surface area contributed by atoms with Crippen molar-refractivity contribution in [2.45, 2.75) is 0 Å². The number of rotatable bonds is 7. The van der Waals surface area contributed by atoms with E-state index in [1.54, 1.807) is 0 Å². The Kier molecular flexibility index (Phi) is 5.44. The van der Waals surface area contributed by atoms with Crippen LogP contribution in [0.15, 0.2) is 12.1 Å². The van der Waals surface area contributed by atoms with E-state index in [1.807, 2.05) is 0 Å². The molecule has 0 heterocycles.